The second kappa shape index (κ2) is 3.98. The van der Waals surface area contributed by atoms with E-state index in [9.17, 15) is 4.79 Å². The predicted molar refractivity (Wildman–Crippen MR) is 60.6 cm³/mol. The third-order valence-corrected chi connectivity index (χ3v) is 3.29. The summed E-state index contributed by atoms with van der Waals surface area (Å²) in [6, 6.07) is 3.69. The molecule has 0 spiro atoms. The predicted octanol–water partition coefficient (Wildman–Crippen LogP) is 2.95. The number of pyridine rings is 1. The largest absolute Gasteiger partial charge is 0.477 e. The summed E-state index contributed by atoms with van der Waals surface area (Å²) in [5.41, 5.74) is 1.19. The molecule has 0 amide bonds. The fourth-order valence-corrected chi connectivity index (χ4v) is 2.47. The van der Waals surface area contributed by atoms with E-state index in [-0.39, 0.29) is 0 Å². The van der Waals surface area contributed by atoms with Crippen LogP contribution in [-0.4, -0.2) is 16.1 Å². The number of aryl methyl sites for hydroxylation is 1. The summed E-state index contributed by atoms with van der Waals surface area (Å²) in [4.78, 5) is 16.2. The molecular weight excluding hydrogens is 210 g/mol. The third kappa shape index (κ3) is 1.85. The van der Waals surface area contributed by atoms with Crippen molar-refractivity contribution in [1.82, 2.24) is 4.98 Å². The molecule has 0 saturated heterocycles. The Morgan fingerprint density at radius 3 is 3.07 bits per heavy atom. The van der Waals surface area contributed by atoms with Crippen LogP contribution in [0.3, 0.4) is 0 Å². The first-order valence-corrected chi connectivity index (χ1v) is 5.64. The van der Waals surface area contributed by atoms with E-state index in [1.165, 1.54) is 16.9 Å². The van der Waals surface area contributed by atoms with E-state index in [1.54, 1.807) is 12.3 Å². The first-order chi connectivity index (χ1) is 7.22. The number of carboxylic acids is 1. The zero-order valence-electron chi connectivity index (χ0n) is 8.36. The lowest BCUT2D eigenvalue weighted by Gasteiger charge is -1.98. The van der Waals surface area contributed by atoms with Gasteiger partial charge in [-0.15, -0.1) is 11.3 Å². The summed E-state index contributed by atoms with van der Waals surface area (Å²) in [7, 11) is 0. The van der Waals surface area contributed by atoms with Crippen LogP contribution in [0.5, 0.6) is 0 Å². The lowest BCUT2D eigenvalue weighted by Crippen LogP contribution is -1.90. The van der Waals surface area contributed by atoms with Crippen LogP contribution in [0.15, 0.2) is 18.3 Å². The fourth-order valence-electron chi connectivity index (χ4n) is 1.58. The number of hydrogen-bond acceptors (Lipinski definition) is 3. The molecule has 2 heterocycles. The quantitative estimate of drug-likeness (QED) is 0.866. The number of carbonyl (C=O) groups is 1. The molecule has 3 nitrogen and oxygen atoms in total. The van der Waals surface area contributed by atoms with E-state index in [0.717, 1.165) is 23.1 Å². The lowest BCUT2D eigenvalue weighted by atomic mass is 10.1. The van der Waals surface area contributed by atoms with Gasteiger partial charge in [-0.25, -0.2) is 9.78 Å². The summed E-state index contributed by atoms with van der Waals surface area (Å²) in [6.45, 7) is 2.11. The Labute approximate surface area is 91.4 Å². The molecule has 4 heteroatoms. The Morgan fingerprint density at radius 1 is 1.60 bits per heavy atom. The van der Waals surface area contributed by atoms with Crippen LogP contribution in [0.2, 0.25) is 0 Å². The number of aromatic nitrogens is 1. The van der Waals surface area contributed by atoms with Crippen molar-refractivity contribution in [2.75, 3.05) is 0 Å². The van der Waals surface area contributed by atoms with Gasteiger partial charge in [0.05, 0.1) is 0 Å². The summed E-state index contributed by atoms with van der Waals surface area (Å²) in [5.74, 6) is -0.875. The molecule has 15 heavy (non-hydrogen) atoms. The molecule has 0 saturated carbocycles. The molecule has 0 radical (unpaired) electrons. The number of carboxylic acid groups (broad SMARTS) is 1. The highest BCUT2D eigenvalue weighted by Crippen LogP contribution is 2.27. The average Bonchev–Trinajstić information content (AvgIpc) is 2.63. The Hall–Kier alpha value is -1.42. The van der Waals surface area contributed by atoms with Gasteiger partial charge >= 0.3 is 5.97 Å². The minimum absolute atomic E-state index is 0.362. The number of aromatic carboxylic acids is 1. The molecular formula is C11H11NO2S. The maximum absolute atomic E-state index is 10.8. The standard InChI is InChI=1S/C11H11NO2S/c1-2-3-7-4-5-12-10-8(7)6-9(15-10)11(13)14/h4-6H,2-3H2,1H3,(H,13,14). The molecule has 0 fully saturated rings. The molecule has 0 unspecified atom stereocenters. The average molecular weight is 221 g/mol. The number of rotatable bonds is 3. The van der Waals surface area contributed by atoms with E-state index in [4.69, 9.17) is 5.11 Å². The molecule has 2 aromatic heterocycles. The van der Waals surface area contributed by atoms with E-state index >= 15 is 0 Å². The molecule has 0 aliphatic rings. The Balaban J connectivity index is 2.59. The molecule has 0 atom stereocenters. The van der Waals surface area contributed by atoms with Crippen LogP contribution in [-0.2, 0) is 6.42 Å². The van der Waals surface area contributed by atoms with Crippen LogP contribution < -0.4 is 0 Å². The van der Waals surface area contributed by atoms with E-state index in [1.807, 2.05) is 6.07 Å². The molecule has 0 aromatic carbocycles. The Bertz CT molecular complexity index is 504. The zero-order valence-corrected chi connectivity index (χ0v) is 9.17. The van der Waals surface area contributed by atoms with Gasteiger partial charge in [-0.05, 0) is 24.1 Å². The molecule has 0 aliphatic heterocycles. The van der Waals surface area contributed by atoms with E-state index in [2.05, 4.69) is 11.9 Å². The van der Waals surface area contributed by atoms with Gasteiger partial charge in [-0.3, -0.25) is 0 Å². The monoisotopic (exact) mass is 221 g/mol. The van der Waals surface area contributed by atoms with Gasteiger partial charge in [0.1, 0.15) is 9.71 Å². The van der Waals surface area contributed by atoms with Crippen molar-refractivity contribution in [2.24, 2.45) is 0 Å². The van der Waals surface area contributed by atoms with Gasteiger partial charge in [0.15, 0.2) is 0 Å². The highest BCUT2D eigenvalue weighted by molar-refractivity contribution is 7.20. The minimum Gasteiger partial charge on any atom is -0.477 e. The maximum Gasteiger partial charge on any atom is 0.345 e. The van der Waals surface area contributed by atoms with E-state index < -0.39 is 5.97 Å². The second-order valence-corrected chi connectivity index (χ2v) is 4.39. The van der Waals surface area contributed by atoms with Crippen molar-refractivity contribution < 1.29 is 9.90 Å². The summed E-state index contributed by atoms with van der Waals surface area (Å²) in [5, 5.41) is 9.88. The van der Waals surface area contributed by atoms with Gasteiger partial charge in [-0.2, -0.15) is 0 Å². The van der Waals surface area contributed by atoms with Crippen LogP contribution in [0.25, 0.3) is 10.2 Å². The number of nitrogens with zero attached hydrogens (tertiary/aromatic N) is 1. The van der Waals surface area contributed by atoms with Crippen molar-refractivity contribution in [1.29, 1.82) is 0 Å². The smallest absolute Gasteiger partial charge is 0.345 e. The van der Waals surface area contributed by atoms with Crippen molar-refractivity contribution in [2.45, 2.75) is 19.8 Å². The van der Waals surface area contributed by atoms with Crippen LogP contribution >= 0.6 is 11.3 Å². The van der Waals surface area contributed by atoms with Crippen LogP contribution in [0.1, 0.15) is 28.6 Å². The minimum atomic E-state index is -0.875. The van der Waals surface area contributed by atoms with Crippen molar-refractivity contribution in [3.8, 4) is 0 Å². The molecule has 2 aromatic rings. The topological polar surface area (TPSA) is 50.2 Å². The highest BCUT2D eigenvalue weighted by atomic mass is 32.1. The van der Waals surface area contributed by atoms with Crippen LogP contribution in [0, 0.1) is 0 Å². The molecule has 0 bridgehead atoms. The van der Waals surface area contributed by atoms with Crippen LogP contribution in [0.4, 0.5) is 0 Å². The Morgan fingerprint density at radius 2 is 2.40 bits per heavy atom. The first-order valence-electron chi connectivity index (χ1n) is 4.83. The second-order valence-electron chi connectivity index (χ2n) is 3.35. The van der Waals surface area contributed by atoms with E-state index in [0.29, 0.717) is 4.88 Å². The molecule has 0 aliphatic carbocycles. The third-order valence-electron chi connectivity index (χ3n) is 2.26. The van der Waals surface area contributed by atoms with Crippen molar-refractivity contribution >= 4 is 27.5 Å². The number of thiophene rings is 1. The molecule has 78 valence electrons. The van der Waals surface area contributed by atoms with Gasteiger partial charge in [0.2, 0.25) is 0 Å². The van der Waals surface area contributed by atoms with Gasteiger partial charge in [0, 0.05) is 11.6 Å². The lowest BCUT2D eigenvalue weighted by molar-refractivity contribution is 0.0702. The zero-order chi connectivity index (χ0) is 10.8. The van der Waals surface area contributed by atoms with Gasteiger partial charge in [-0.1, -0.05) is 13.3 Å². The van der Waals surface area contributed by atoms with Crippen molar-refractivity contribution in [3.05, 3.63) is 28.8 Å². The van der Waals surface area contributed by atoms with Gasteiger partial charge < -0.3 is 5.11 Å². The molecule has 1 N–H and O–H groups in total. The first kappa shape index (κ1) is 10.1. The Kier molecular flexibility index (Phi) is 2.68. The summed E-state index contributed by atoms with van der Waals surface area (Å²) < 4.78 is 0. The highest BCUT2D eigenvalue weighted by Gasteiger charge is 2.11. The van der Waals surface area contributed by atoms with Gasteiger partial charge in [0.25, 0.3) is 0 Å². The number of hydrogen-bond donors (Lipinski definition) is 1. The fraction of sp³-hybridized carbons (Fsp3) is 0.273. The summed E-state index contributed by atoms with van der Waals surface area (Å²) >= 11 is 1.23. The van der Waals surface area contributed by atoms with Crippen molar-refractivity contribution in [3.63, 3.8) is 0 Å². The summed E-state index contributed by atoms with van der Waals surface area (Å²) in [6.07, 6.45) is 3.77. The number of fused-ring (bicyclic) bond motifs is 1. The maximum atomic E-state index is 10.8. The SMILES string of the molecule is CCCc1ccnc2sc(C(=O)O)cc12. The molecule has 2 rings (SSSR count). The normalized spacial score (nSPS) is 10.7.